The van der Waals surface area contributed by atoms with E-state index >= 15 is 0 Å². The molecule has 34 heavy (non-hydrogen) atoms. The SMILES string of the molecule is C=C1[C@@H](C)[C@H]2[C@H](Cc3ccccc3)NC(=O)[C@]23OC(=O)/C=C/[C@H](C)[C@H](O)[C@@H](C)C/C=C/[C@H]3[C@@H]1O. The van der Waals surface area contributed by atoms with Crippen LogP contribution in [0.3, 0.4) is 0 Å². The van der Waals surface area contributed by atoms with Crippen LogP contribution in [0.25, 0.3) is 0 Å². The van der Waals surface area contributed by atoms with E-state index < -0.39 is 35.6 Å². The number of carbonyl (C=O) groups excluding carboxylic acids is 2. The molecule has 1 aromatic rings. The first kappa shape index (κ1) is 24.4. The summed E-state index contributed by atoms with van der Waals surface area (Å²) in [6.45, 7) is 9.89. The number of allylic oxidation sites excluding steroid dienone is 1. The van der Waals surface area contributed by atoms with Gasteiger partial charge >= 0.3 is 5.97 Å². The molecule has 1 saturated carbocycles. The van der Waals surface area contributed by atoms with Gasteiger partial charge in [-0.2, -0.15) is 0 Å². The Balaban J connectivity index is 1.80. The molecule has 1 saturated heterocycles. The standard InChI is InChI=1S/C28H35NO5/c1-16-9-8-12-21-26(32)19(4)18(3)24-22(15-20-10-6-5-7-11-20)29-27(33)28(21,24)34-23(30)14-13-17(2)25(16)31/h5-8,10-14,16-18,21-22,24-26,31-32H,4,9,15H2,1-3H3,(H,29,33)/b12-8+,14-13+/t16-,17-,18+,21-,22-,24-,25+,26+,28+/m0/s1. The zero-order valence-corrected chi connectivity index (χ0v) is 20.1. The lowest BCUT2D eigenvalue weighted by atomic mass is 9.59. The first-order valence-electron chi connectivity index (χ1n) is 12.1. The Morgan fingerprint density at radius 2 is 1.82 bits per heavy atom. The van der Waals surface area contributed by atoms with Crippen molar-refractivity contribution in [2.24, 2.45) is 29.6 Å². The number of amides is 1. The van der Waals surface area contributed by atoms with Gasteiger partial charge < -0.3 is 20.3 Å². The molecule has 182 valence electrons. The molecule has 1 amide bonds. The largest absolute Gasteiger partial charge is 0.445 e. The number of ether oxygens (including phenoxy) is 1. The number of carbonyl (C=O) groups is 2. The third-order valence-corrected chi connectivity index (χ3v) is 8.02. The van der Waals surface area contributed by atoms with Crippen molar-refractivity contribution in [2.45, 2.75) is 57.5 Å². The Bertz CT molecular complexity index is 1000. The van der Waals surface area contributed by atoms with Gasteiger partial charge in [0.15, 0.2) is 0 Å². The van der Waals surface area contributed by atoms with Gasteiger partial charge in [0.1, 0.15) is 0 Å². The normalized spacial score (nSPS) is 42.3. The summed E-state index contributed by atoms with van der Waals surface area (Å²) in [5, 5.41) is 24.9. The average molecular weight is 466 g/mol. The second-order valence-corrected chi connectivity index (χ2v) is 10.2. The fraction of sp³-hybridized carbons (Fsp3) is 0.500. The Labute approximate surface area is 201 Å². The van der Waals surface area contributed by atoms with E-state index in [4.69, 9.17) is 4.74 Å². The molecule has 2 heterocycles. The van der Waals surface area contributed by atoms with Gasteiger partial charge in [0.05, 0.1) is 18.1 Å². The second kappa shape index (κ2) is 9.51. The maximum Gasteiger partial charge on any atom is 0.331 e. The number of hydrogen-bond acceptors (Lipinski definition) is 5. The number of rotatable bonds is 2. The predicted octanol–water partition coefficient (Wildman–Crippen LogP) is 2.96. The summed E-state index contributed by atoms with van der Waals surface area (Å²) in [7, 11) is 0. The summed E-state index contributed by atoms with van der Waals surface area (Å²) >= 11 is 0. The highest BCUT2D eigenvalue weighted by molar-refractivity contribution is 5.94. The van der Waals surface area contributed by atoms with Crippen molar-refractivity contribution in [3.05, 3.63) is 72.4 Å². The van der Waals surface area contributed by atoms with E-state index in [0.717, 1.165) is 5.56 Å². The highest BCUT2D eigenvalue weighted by Gasteiger charge is 2.67. The van der Waals surface area contributed by atoms with Gasteiger partial charge in [0.25, 0.3) is 5.91 Å². The molecule has 0 radical (unpaired) electrons. The summed E-state index contributed by atoms with van der Waals surface area (Å²) < 4.78 is 6.05. The molecule has 1 aliphatic carbocycles. The van der Waals surface area contributed by atoms with Gasteiger partial charge in [0.2, 0.25) is 5.60 Å². The third-order valence-electron chi connectivity index (χ3n) is 8.02. The molecular formula is C28H35NO5. The topological polar surface area (TPSA) is 95.9 Å². The maximum atomic E-state index is 13.7. The van der Waals surface area contributed by atoms with Crippen LogP contribution < -0.4 is 5.32 Å². The fourth-order valence-electron chi connectivity index (χ4n) is 6.00. The van der Waals surface area contributed by atoms with Crippen molar-refractivity contribution in [3.63, 3.8) is 0 Å². The number of aliphatic hydroxyl groups excluding tert-OH is 2. The molecule has 2 aliphatic heterocycles. The van der Waals surface area contributed by atoms with Crippen LogP contribution in [-0.4, -0.2) is 45.9 Å². The first-order chi connectivity index (χ1) is 16.2. The van der Waals surface area contributed by atoms with Crippen LogP contribution in [0.15, 0.2) is 66.8 Å². The lowest BCUT2D eigenvalue weighted by molar-refractivity contribution is -0.182. The fourth-order valence-corrected chi connectivity index (χ4v) is 6.00. The summed E-state index contributed by atoms with van der Waals surface area (Å²) in [6.07, 6.45) is 6.07. The second-order valence-electron chi connectivity index (χ2n) is 10.2. The van der Waals surface area contributed by atoms with Gasteiger partial charge in [-0.1, -0.05) is 75.9 Å². The summed E-state index contributed by atoms with van der Waals surface area (Å²) in [5.74, 6) is -2.78. The van der Waals surface area contributed by atoms with Crippen LogP contribution in [0, 0.1) is 29.6 Å². The number of aliphatic hydroxyl groups is 2. The van der Waals surface area contributed by atoms with Crippen molar-refractivity contribution in [2.75, 3.05) is 0 Å². The van der Waals surface area contributed by atoms with Gasteiger partial charge in [-0.25, -0.2) is 4.79 Å². The minimum Gasteiger partial charge on any atom is -0.445 e. The first-order valence-corrected chi connectivity index (χ1v) is 12.1. The Morgan fingerprint density at radius 1 is 1.12 bits per heavy atom. The molecule has 3 aliphatic rings. The van der Waals surface area contributed by atoms with Crippen LogP contribution >= 0.6 is 0 Å². The van der Waals surface area contributed by atoms with Crippen molar-refractivity contribution < 1.29 is 24.5 Å². The summed E-state index contributed by atoms with van der Waals surface area (Å²) in [6, 6.07) is 9.59. The van der Waals surface area contributed by atoms with Crippen LogP contribution in [-0.2, 0) is 20.7 Å². The predicted molar refractivity (Wildman–Crippen MR) is 129 cm³/mol. The molecule has 2 fully saturated rings. The van der Waals surface area contributed by atoms with E-state index in [1.54, 1.807) is 12.2 Å². The van der Waals surface area contributed by atoms with Crippen molar-refractivity contribution in [1.29, 1.82) is 0 Å². The molecular weight excluding hydrogens is 430 g/mol. The van der Waals surface area contributed by atoms with Gasteiger partial charge in [0, 0.05) is 24.0 Å². The quantitative estimate of drug-likeness (QED) is 0.461. The number of benzene rings is 1. The Kier molecular flexibility index (Phi) is 6.83. The summed E-state index contributed by atoms with van der Waals surface area (Å²) in [4.78, 5) is 26.7. The maximum absolute atomic E-state index is 13.7. The van der Waals surface area contributed by atoms with E-state index in [0.29, 0.717) is 18.4 Å². The number of nitrogens with one attached hydrogen (secondary N) is 1. The van der Waals surface area contributed by atoms with E-state index in [9.17, 15) is 19.8 Å². The zero-order chi connectivity index (χ0) is 24.6. The third kappa shape index (κ3) is 4.14. The molecule has 6 heteroatoms. The van der Waals surface area contributed by atoms with Crippen LogP contribution in [0.1, 0.15) is 32.8 Å². The molecule has 3 N–H and O–H groups in total. The highest BCUT2D eigenvalue weighted by Crippen LogP contribution is 2.52. The zero-order valence-electron chi connectivity index (χ0n) is 20.1. The van der Waals surface area contributed by atoms with E-state index in [1.165, 1.54) is 6.08 Å². The van der Waals surface area contributed by atoms with Crippen LogP contribution in [0.2, 0.25) is 0 Å². The van der Waals surface area contributed by atoms with Crippen molar-refractivity contribution in [3.8, 4) is 0 Å². The number of esters is 1. The van der Waals surface area contributed by atoms with Crippen LogP contribution in [0.4, 0.5) is 0 Å². The van der Waals surface area contributed by atoms with Crippen LogP contribution in [0.5, 0.6) is 0 Å². The smallest absolute Gasteiger partial charge is 0.331 e. The van der Waals surface area contributed by atoms with Crippen molar-refractivity contribution >= 4 is 11.9 Å². The van der Waals surface area contributed by atoms with Gasteiger partial charge in [-0.3, -0.25) is 4.79 Å². The summed E-state index contributed by atoms with van der Waals surface area (Å²) in [5.41, 5.74) is 0.143. The van der Waals surface area contributed by atoms with Gasteiger partial charge in [-0.05, 0) is 35.8 Å². The van der Waals surface area contributed by atoms with Crippen molar-refractivity contribution in [1.82, 2.24) is 5.32 Å². The molecule has 6 nitrogen and oxygen atoms in total. The lowest BCUT2D eigenvalue weighted by Crippen LogP contribution is -2.61. The van der Waals surface area contributed by atoms with E-state index in [2.05, 4.69) is 11.9 Å². The highest BCUT2D eigenvalue weighted by atomic mass is 16.6. The molecule has 0 bridgehead atoms. The molecule has 0 unspecified atom stereocenters. The van der Waals surface area contributed by atoms with E-state index in [-0.39, 0.29) is 29.7 Å². The molecule has 9 atom stereocenters. The molecule has 0 aromatic heterocycles. The van der Waals surface area contributed by atoms with Gasteiger partial charge in [-0.15, -0.1) is 0 Å². The Morgan fingerprint density at radius 3 is 2.53 bits per heavy atom. The minimum atomic E-state index is -1.55. The molecule has 4 rings (SSSR count). The Hall–Kier alpha value is -2.70. The lowest BCUT2D eigenvalue weighted by Gasteiger charge is -2.49. The number of hydrogen-bond donors (Lipinski definition) is 3. The monoisotopic (exact) mass is 465 g/mol. The molecule has 1 spiro atoms. The average Bonchev–Trinajstić information content (AvgIpc) is 3.08. The minimum absolute atomic E-state index is 0.0656. The molecule has 1 aromatic carbocycles. The van der Waals surface area contributed by atoms with E-state index in [1.807, 2.05) is 57.2 Å².